The number of thioether (sulfide) groups is 1. The van der Waals surface area contributed by atoms with Crippen LogP contribution in [0.15, 0.2) is 35.3 Å². The zero-order valence-electron chi connectivity index (χ0n) is 13.5. The van der Waals surface area contributed by atoms with Crippen molar-refractivity contribution in [1.82, 2.24) is 10.2 Å². The van der Waals surface area contributed by atoms with Gasteiger partial charge in [-0.25, -0.2) is 0 Å². The largest absolute Gasteiger partial charge is 0.492 e. The lowest BCUT2D eigenvalue weighted by Gasteiger charge is -2.22. The summed E-state index contributed by atoms with van der Waals surface area (Å²) in [7, 11) is 2.04. The summed E-state index contributed by atoms with van der Waals surface area (Å²) in [5.74, 6) is 1.85. The van der Waals surface area contributed by atoms with E-state index in [0.717, 1.165) is 31.3 Å². The standard InChI is InChI=1S/C16H27N3OS/c1-5-17-16(18-13-14(2)21-4)19(3)11-12-20-15-9-7-6-8-10-15/h6-10,14H,5,11-13H2,1-4H3,(H,17,18). The van der Waals surface area contributed by atoms with E-state index in [1.807, 2.05) is 49.1 Å². The van der Waals surface area contributed by atoms with E-state index in [4.69, 9.17) is 4.74 Å². The van der Waals surface area contributed by atoms with Crippen LogP contribution in [0.4, 0.5) is 0 Å². The molecule has 4 nitrogen and oxygen atoms in total. The number of nitrogens with zero attached hydrogens (tertiary/aromatic N) is 2. The molecule has 1 aromatic rings. The van der Waals surface area contributed by atoms with Crippen LogP contribution in [0.2, 0.25) is 0 Å². The van der Waals surface area contributed by atoms with Gasteiger partial charge in [-0.05, 0) is 25.3 Å². The van der Waals surface area contributed by atoms with E-state index in [-0.39, 0.29) is 0 Å². The van der Waals surface area contributed by atoms with Crippen molar-refractivity contribution in [3.63, 3.8) is 0 Å². The third kappa shape index (κ3) is 7.27. The summed E-state index contributed by atoms with van der Waals surface area (Å²) in [6, 6.07) is 9.89. The second kappa shape index (κ2) is 10.4. The fourth-order valence-electron chi connectivity index (χ4n) is 1.68. The molecule has 0 saturated carbocycles. The highest BCUT2D eigenvalue weighted by Gasteiger charge is 2.06. The molecule has 0 aromatic heterocycles. The van der Waals surface area contributed by atoms with Gasteiger partial charge in [-0.2, -0.15) is 11.8 Å². The Balaban J connectivity index is 2.43. The molecule has 0 fully saturated rings. The molecule has 1 aromatic carbocycles. The number of nitrogens with one attached hydrogen (secondary N) is 1. The molecular weight excluding hydrogens is 282 g/mol. The normalized spacial score (nSPS) is 12.9. The van der Waals surface area contributed by atoms with Crippen molar-refractivity contribution in [2.45, 2.75) is 19.1 Å². The smallest absolute Gasteiger partial charge is 0.193 e. The van der Waals surface area contributed by atoms with Crippen LogP contribution >= 0.6 is 11.8 Å². The van der Waals surface area contributed by atoms with Crippen LogP contribution in [-0.4, -0.2) is 55.7 Å². The first-order chi connectivity index (χ1) is 10.2. The van der Waals surface area contributed by atoms with Crippen LogP contribution in [-0.2, 0) is 0 Å². The number of aliphatic imine (C=N–C) groups is 1. The number of hydrogen-bond donors (Lipinski definition) is 1. The first kappa shape index (κ1) is 17.7. The highest BCUT2D eigenvalue weighted by atomic mass is 32.2. The van der Waals surface area contributed by atoms with Gasteiger partial charge in [0.05, 0.1) is 13.1 Å². The van der Waals surface area contributed by atoms with Crippen molar-refractivity contribution in [3.8, 4) is 5.75 Å². The Hall–Kier alpha value is -1.36. The second-order valence-electron chi connectivity index (χ2n) is 4.82. The van der Waals surface area contributed by atoms with Crippen molar-refractivity contribution in [3.05, 3.63) is 30.3 Å². The molecule has 1 atom stereocenters. The van der Waals surface area contributed by atoms with Gasteiger partial charge in [0.1, 0.15) is 12.4 Å². The van der Waals surface area contributed by atoms with E-state index in [0.29, 0.717) is 11.9 Å². The number of para-hydroxylation sites is 1. The van der Waals surface area contributed by atoms with Crippen LogP contribution in [0.25, 0.3) is 0 Å². The monoisotopic (exact) mass is 309 g/mol. The number of rotatable bonds is 8. The molecule has 0 heterocycles. The summed E-state index contributed by atoms with van der Waals surface area (Å²) in [6.45, 7) is 7.42. The van der Waals surface area contributed by atoms with Crippen LogP contribution in [0.5, 0.6) is 5.75 Å². The van der Waals surface area contributed by atoms with E-state index in [2.05, 4.69) is 35.3 Å². The highest BCUT2D eigenvalue weighted by molar-refractivity contribution is 7.99. The number of guanidine groups is 1. The molecule has 0 aliphatic rings. The minimum Gasteiger partial charge on any atom is -0.492 e. The van der Waals surface area contributed by atoms with Crippen molar-refractivity contribution >= 4 is 17.7 Å². The molecule has 1 rings (SSSR count). The Kier molecular flexibility index (Phi) is 8.74. The number of benzene rings is 1. The molecule has 0 bridgehead atoms. The maximum atomic E-state index is 5.72. The molecule has 0 radical (unpaired) electrons. The minimum atomic E-state index is 0.535. The summed E-state index contributed by atoms with van der Waals surface area (Å²) < 4.78 is 5.72. The Morgan fingerprint density at radius 3 is 2.71 bits per heavy atom. The molecule has 0 amide bonds. The second-order valence-corrected chi connectivity index (χ2v) is 6.10. The topological polar surface area (TPSA) is 36.9 Å². The molecule has 0 aliphatic carbocycles. The van der Waals surface area contributed by atoms with Crippen molar-refractivity contribution in [2.24, 2.45) is 4.99 Å². The Bertz CT molecular complexity index is 411. The summed E-state index contributed by atoms with van der Waals surface area (Å²) in [6.07, 6.45) is 2.12. The molecule has 21 heavy (non-hydrogen) atoms. The van der Waals surface area contributed by atoms with Crippen molar-refractivity contribution < 1.29 is 4.74 Å². The lowest BCUT2D eigenvalue weighted by Crippen LogP contribution is -2.41. The minimum absolute atomic E-state index is 0.535. The average molecular weight is 309 g/mol. The van der Waals surface area contributed by atoms with E-state index in [1.54, 1.807) is 0 Å². The quantitative estimate of drug-likeness (QED) is 0.592. The Morgan fingerprint density at radius 2 is 2.10 bits per heavy atom. The first-order valence-corrected chi connectivity index (χ1v) is 8.66. The van der Waals surface area contributed by atoms with Gasteiger partial charge in [-0.3, -0.25) is 4.99 Å². The average Bonchev–Trinajstić information content (AvgIpc) is 2.51. The lowest BCUT2D eigenvalue weighted by atomic mass is 10.3. The van der Waals surface area contributed by atoms with Gasteiger partial charge in [0.15, 0.2) is 5.96 Å². The van der Waals surface area contributed by atoms with E-state index >= 15 is 0 Å². The molecule has 1 unspecified atom stereocenters. The van der Waals surface area contributed by atoms with E-state index in [1.165, 1.54) is 0 Å². The van der Waals surface area contributed by atoms with Gasteiger partial charge in [-0.15, -0.1) is 0 Å². The first-order valence-electron chi connectivity index (χ1n) is 7.37. The fourth-order valence-corrected chi connectivity index (χ4v) is 1.91. The van der Waals surface area contributed by atoms with Crippen LogP contribution in [0.3, 0.4) is 0 Å². The third-order valence-corrected chi connectivity index (χ3v) is 3.99. The molecule has 0 aliphatic heterocycles. The summed E-state index contributed by atoms with van der Waals surface area (Å²) >= 11 is 1.83. The molecule has 0 spiro atoms. The van der Waals surface area contributed by atoms with Gasteiger partial charge in [0.2, 0.25) is 0 Å². The Morgan fingerprint density at radius 1 is 1.38 bits per heavy atom. The molecular formula is C16H27N3OS. The zero-order valence-corrected chi connectivity index (χ0v) is 14.3. The number of ether oxygens (including phenoxy) is 1. The SMILES string of the molecule is CCNC(=NCC(C)SC)N(C)CCOc1ccccc1. The fraction of sp³-hybridized carbons (Fsp3) is 0.562. The van der Waals surface area contributed by atoms with Crippen molar-refractivity contribution in [1.29, 1.82) is 0 Å². The van der Waals surface area contributed by atoms with Crippen LogP contribution in [0, 0.1) is 0 Å². The maximum Gasteiger partial charge on any atom is 0.193 e. The summed E-state index contributed by atoms with van der Waals surface area (Å²) in [5.41, 5.74) is 0. The third-order valence-electron chi connectivity index (χ3n) is 3.04. The molecule has 0 saturated heterocycles. The van der Waals surface area contributed by atoms with E-state index < -0.39 is 0 Å². The van der Waals surface area contributed by atoms with Gasteiger partial charge in [0, 0.05) is 18.8 Å². The molecule has 1 N–H and O–H groups in total. The summed E-state index contributed by atoms with van der Waals surface area (Å²) in [4.78, 5) is 6.78. The number of likely N-dealkylation sites (N-methyl/N-ethyl adjacent to an activating group) is 1. The lowest BCUT2D eigenvalue weighted by molar-refractivity contribution is 0.281. The van der Waals surface area contributed by atoms with Gasteiger partial charge >= 0.3 is 0 Å². The predicted octanol–water partition coefficient (Wildman–Crippen LogP) is 2.71. The number of hydrogen-bond acceptors (Lipinski definition) is 3. The predicted molar refractivity (Wildman–Crippen MR) is 93.5 cm³/mol. The molecule has 118 valence electrons. The Labute approximate surface area is 133 Å². The molecule has 5 heteroatoms. The summed E-state index contributed by atoms with van der Waals surface area (Å²) in [5, 5.41) is 3.86. The van der Waals surface area contributed by atoms with Crippen LogP contribution < -0.4 is 10.1 Å². The van der Waals surface area contributed by atoms with Gasteiger partial charge in [0.25, 0.3) is 0 Å². The zero-order chi connectivity index (χ0) is 15.5. The highest BCUT2D eigenvalue weighted by Crippen LogP contribution is 2.08. The van der Waals surface area contributed by atoms with E-state index in [9.17, 15) is 0 Å². The van der Waals surface area contributed by atoms with Gasteiger partial charge in [-0.1, -0.05) is 25.1 Å². The van der Waals surface area contributed by atoms with Crippen molar-refractivity contribution in [2.75, 3.05) is 39.5 Å². The van der Waals surface area contributed by atoms with Crippen LogP contribution in [0.1, 0.15) is 13.8 Å². The maximum absolute atomic E-state index is 5.72. The van der Waals surface area contributed by atoms with Gasteiger partial charge < -0.3 is 15.0 Å².